The van der Waals surface area contributed by atoms with Crippen molar-refractivity contribution < 1.29 is 14.7 Å². The first-order valence-electron chi connectivity index (χ1n) is 4.51. The van der Waals surface area contributed by atoms with Gasteiger partial charge in [0.25, 0.3) is 5.91 Å². The summed E-state index contributed by atoms with van der Waals surface area (Å²) in [4.78, 5) is 29.8. The van der Waals surface area contributed by atoms with E-state index >= 15 is 0 Å². The van der Waals surface area contributed by atoms with Crippen LogP contribution in [0, 0.1) is 0 Å². The lowest BCUT2D eigenvalue weighted by Gasteiger charge is -1.99. The van der Waals surface area contributed by atoms with E-state index < -0.39 is 5.97 Å². The number of hydrogen-bond donors (Lipinski definition) is 2. The summed E-state index contributed by atoms with van der Waals surface area (Å²) in [6.45, 7) is 0.203. The van der Waals surface area contributed by atoms with Gasteiger partial charge in [0.2, 0.25) is 0 Å². The van der Waals surface area contributed by atoms with E-state index in [0.717, 1.165) is 0 Å². The van der Waals surface area contributed by atoms with Gasteiger partial charge in [-0.1, -0.05) is 0 Å². The summed E-state index contributed by atoms with van der Waals surface area (Å²) in [6.07, 6.45) is 0. The van der Waals surface area contributed by atoms with Crippen molar-refractivity contribution in [3.8, 4) is 0 Å². The van der Waals surface area contributed by atoms with Crippen molar-refractivity contribution in [2.45, 2.75) is 6.54 Å². The molecule has 0 bridgehead atoms. The zero-order chi connectivity index (χ0) is 12.3. The molecular formula is C9H7N3O3S2. The van der Waals surface area contributed by atoms with Crippen LogP contribution in [0.5, 0.6) is 0 Å². The van der Waals surface area contributed by atoms with Gasteiger partial charge in [0, 0.05) is 10.8 Å². The molecule has 0 saturated carbocycles. The molecule has 0 aliphatic rings. The molecule has 0 unspecified atom stereocenters. The van der Waals surface area contributed by atoms with Gasteiger partial charge in [0.15, 0.2) is 5.69 Å². The van der Waals surface area contributed by atoms with E-state index in [1.54, 1.807) is 10.9 Å². The van der Waals surface area contributed by atoms with Gasteiger partial charge in [0.1, 0.15) is 10.7 Å². The maximum Gasteiger partial charge on any atom is 0.355 e. The van der Waals surface area contributed by atoms with Crippen LogP contribution in [0.25, 0.3) is 0 Å². The molecule has 0 fully saturated rings. The molecule has 17 heavy (non-hydrogen) atoms. The predicted molar refractivity (Wildman–Crippen MR) is 62.4 cm³/mol. The summed E-state index contributed by atoms with van der Waals surface area (Å²) in [5.74, 6) is -1.36. The molecule has 2 aromatic rings. The second-order valence-electron chi connectivity index (χ2n) is 2.99. The van der Waals surface area contributed by atoms with Crippen molar-refractivity contribution in [1.29, 1.82) is 0 Å². The normalized spacial score (nSPS) is 10.1. The number of carboxylic acids is 1. The molecule has 1 amide bonds. The van der Waals surface area contributed by atoms with Crippen LogP contribution >= 0.6 is 22.7 Å². The Bertz CT molecular complexity index is 535. The second kappa shape index (κ2) is 5.02. The summed E-state index contributed by atoms with van der Waals surface area (Å²) >= 11 is 2.53. The van der Waals surface area contributed by atoms with Gasteiger partial charge in [-0.3, -0.25) is 4.79 Å². The number of aromatic nitrogens is 2. The lowest BCUT2D eigenvalue weighted by Crippen LogP contribution is -2.23. The SMILES string of the molecule is O=C(O)c1csc(CNC(=O)c2cscn2)n1. The van der Waals surface area contributed by atoms with Crippen molar-refractivity contribution in [3.05, 3.63) is 32.7 Å². The summed E-state index contributed by atoms with van der Waals surface area (Å²) in [5, 5.41) is 14.9. The van der Waals surface area contributed by atoms with Gasteiger partial charge >= 0.3 is 5.97 Å². The molecule has 0 spiro atoms. The van der Waals surface area contributed by atoms with Gasteiger partial charge in [0.05, 0.1) is 12.1 Å². The molecule has 0 saturated heterocycles. The molecule has 0 aliphatic carbocycles. The maximum atomic E-state index is 11.5. The lowest BCUT2D eigenvalue weighted by molar-refractivity contribution is 0.0691. The van der Waals surface area contributed by atoms with E-state index in [0.29, 0.717) is 10.7 Å². The molecule has 6 nitrogen and oxygen atoms in total. The van der Waals surface area contributed by atoms with Crippen molar-refractivity contribution in [2.75, 3.05) is 0 Å². The van der Waals surface area contributed by atoms with Crippen LogP contribution in [0.1, 0.15) is 26.0 Å². The number of rotatable bonds is 4. The Labute approximate surface area is 104 Å². The second-order valence-corrected chi connectivity index (χ2v) is 4.65. The quantitative estimate of drug-likeness (QED) is 0.870. The molecule has 0 radical (unpaired) electrons. The first kappa shape index (κ1) is 11.7. The van der Waals surface area contributed by atoms with Crippen LogP contribution in [-0.4, -0.2) is 27.0 Å². The van der Waals surface area contributed by atoms with Gasteiger partial charge in [-0.25, -0.2) is 14.8 Å². The Kier molecular flexibility index (Phi) is 3.45. The number of carboxylic acid groups (broad SMARTS) is 1. The van der Waals surface area contributed by atoms with Crippen LogP contribution < -0.4 is 5.32 Å². The monoisotopic (exact) mass is 269 g/mol. The van der Waals surface area contributed by atoms with Crippen molar-refractivity contribution in [2.24, 2.45) is 0 Å². The van der Waals surface area contributed by atoms with E-state index in [1.807, 2.05) is 0 Å². The zero-order valence-corrected chi connectivity index (χ0v) is 10.0. The number of carbonyl (C=O) groups excluding carboxylic acids is 1. The van der Waals surface area contributed by atoms with Crippen molar-refractivity contribution >= 4 is 34.6 Å². The van der Waals surface area contributed by atoms with E-state index in [-0.39, 0.29) is 18.1 Å². The van der Waals surface area contributed by atoms with E-state index in [9.17, 15) is 9.59 Å². The van der Waals surface area contributed by atoms with Crippen molar-refractivity contribution in [1.82, 2.24) is 15.3 Å². The first-order valence-corrected chi connectivity index (χ1v) is 6.33. The third kappa shape index (κ3) is 2.86. The average molecular weight is 269 g/mol. The smallest absolute Gasteiger partial charge is 0.355 e. The number of thiazole rings is 2. The van der Waals surface area contributed by atoms with Crippen LogP contribution in [0.2, 0.25) is 0 Å². The van der Waals surface area contributed by atoms with Gasteiger partial charge in [-0.15, -0.1) is 22.7 Å². The summed E-state index contributed by atoms with van der Waals surface area (Å²) in [7, 11) is 0. The Balaban J connectivity index is 1.93. The molecule has 0 aromatic carbocycles. The fraction of sp³-hybridized carbons (Fsp3) is 0.111. The number of aromatic carboxylic acids is 1. The van der Waals surface area contributed by atoms with E-state index in [2.05, 4.69) is 15.3 Å². The topological polar surface area (TPSA) is 92.2 Å². The average Bonchev–Trinajstić information content (AvgIpc) is 2.97. The molecule has 2 aromatic heterocycles. The molecule has 2 heterocycles. The number of nitrogens with one attached hydrogen (secondary N) is 1. The number of nitrogens with zero attached hydrogens (tertiary/aromatic N) is 2. The zero-order valence-electron chi connectivity index (χ0n) is 8.41. The lowest BCUT2D eigenvalue weighted by atomic mass is 10.4. The van der Waals surface area contributed by atoms with Gasteiger partial charge < -0.3 is 10.4 Å². The summed E-state index contributed by atoms with van der Waals surface area (Å²) in [6, 6.07) is 0. The number of hydrogen-bond acceptors (Lipinski definition) is 6. The fourth-order valence-electron chi connectivity index (χ4n) is 1.06. The largest absolute Gasteiger partial charge is 0.476 e. The standard InChI is InChI=1S/C9H7N3O3S2/c13-8(5-2-16-4-11-5)10-1-7-12-6(3-17-7)9(14)15/h2-4H,1H2,(H,10,13)(H,14,15). The molecule has 2 N–H and O–H groups in total. The Morgan fingerprint density at radius 1 is 1.35 bits per heavy atom. The van der Waals surface area contributed by atoms with Crippen LogP contribution in [0.3, 0.4) is 0 Å². The highest BCUT2D eigenvalue weighted by molar-refractivity contribution is 7.09. The summed E-state index contributed by atoms with van der Waals surface area (Å²) in [5.41, 5.74) is 1.92. The number of amides is 1. The van der Waals surface area contributed by atoms with Crippen LogP contribution in [-0.2, 0) is 6.54 Å². The molecule has 8 heteroatoms. The molecule has 0 aliphatic heterocycles. The Hall–Kier alpha value is -1.80. The highest BCUT2D eigenvalue weighted by atomic mass is 32.1. The molecule has 2 rings (SSSR count). The van der Waals surface area contributed by atoms with Crippen molar-refractivity contribution in [3.63, 3.8) is 0 Å². The highest BCUT2D eigenvalue weighted by Crippen LogP contribution is 2.09. The van der Waals surface area contributed by atoms with Gasteiger partial charge in [-0.2, -0.15) is 0 Å². The third-order valence-corrected chi connectivity index (χ3v) is 3.27. The molecule has 88 valence electrons. The molecule has 0 atom stereocenters. The minimum Gasteiger partial charge on any atom is -0.476 e. The molecular weight excluding hydrogens is 262 g/mol. The minimum atomic E-state index is -1.07. The Morgan fingerprint density at radius 3 is 2.76 bits per heavy atom. The van der Waals surface area contributed by atoms with E-state index in [4.69, 9.17) is 5.11 Å². The maximum absolute atomic E-state index is 11.5. The van der Waals surface area contributed by atoms with Gasteiger partial charge in [-0.05, 0) is 0 Å². The first-order chi connectivity index (χ1) is 8.16. The van der Waals surface area contributed by atoms with E-state index in [1.165, 1.54) is 28.1 Å². The fourth-order valence-corrected chi connectivity index (χ4v) is 2.30. The summed E-state index contributed by atoms with van der Waals surface area (Å²) < 4.78 is 0. The highest BCUT2D eigenvalue weighted by Gasteiger charge is 2.11. The third-order valence-electron chi connectivity index (χ3n) is 1.84. The minimum absolute atomic E-state index is 0.00657. The predicted octanol–water partition coefficient (Wildman–Crippen LogP) is 1.23. The Morgan fingerprint density at radius 2 is 2.18 bits per heavy atom. The van der Waals surface area contributed by atoms with Crippen LogP contribution in [0.4, 0.5) is 0 Å². The number of carbonyl (C=O) groups is 2. The van der Waals surface area contributed by atoms with Crippen LogP contribution in [0.15, 0.2) is 16.3 Å².